The topological polar surface area (TPSA) is 60.5 Å². The highest BCUT2D eigenvalue weighted by atomic mass is 19.1. The predicted molar refractivity (Wildman–Crippen MR) is 83.3 cm³/mol. The number of hydrogen-bond donors (Lipinski definition) is 0. The Bertz CT molecular complexity index is 795. The Kier molecular flexibility index (Phi) is 4.42. The minimum absolute atomic E-state index is 0.0660. The van der Waals surface area contributed by atoms with Crippen molar-refractivity contribution in [3.63, 3.8) is 0 Å². The van der Waals surface area contributed by atoms with Crippen LogP contribution in [0.2, 0.25) is 0 Å². The van der Waals surface area contributed by atoms with Crippen molar-refractivity contribution in [1.29, 1.82) is 0 Å². The van der Waals surface area contributed by atoms with Crippen LogP contribution in [0.3, 0.4) is 0 Å². The standard InChI is InChI=1S/C17H14FN3O2/c1-12-2-4-13(5-3-12)10-19-22-11-16-20-17(21-23-16)14-6-8-15(18)9-7-14/h2-10H,11H2,1H3/b19-10-. The van der Waals surface area contributed by atoms with Crippen LogP contribution in [-0.2, 0) is 11.4 Å². The fourth-order valence-corrected chi connectivity index (χ4v) is 1.87. The Morgan fingerprint density at radius 1 is 1.13 bits per heavy atom. The first-order chi connectivity index (χ1) is 11.2. The number of rotatable bonds is 5. The molecular weight excluding hydrogens is 297 g/mol. The van der Waals surface area contributed by atoms with Crippen LogP contribution in [0.5, 0.6) is 0 Å². The van der Waals surface area contributed by atoms with E-state index in [1.54, 1.807) is 18.3 Å². The predicted octanol–water partition coefficient (Wildman–Crippen LogP) is 3.73. The van der Waals surface area contributed by atoms with Crippen molar-refractivity contribution in [1.82, 2.24) is 10.1 Å². The second kappa shape index (κ2) is 6.83. The van der Waals surface area contributed by atoms with E-state index in [0.29, 0.717) is 17.3 Å². The molecule has 0 fully saturated rings. The van der Waals surface area contributed by atoms with Gasteiger partial charge in [0.25, 0.3) is 5.89 Å². The minimum Gasteiger partial charge on any atom is -0.386 e. The number of halogens is 1. The first-order valence-electron chi connectivity index (χ1n) is 7.01. The molecule has 0 amide bonds. The summed E-state index contributed by atoms with van der Waals surface area (Å²) in [7, 11) is 0. The van der Waals surface area contributed by atoms with Gasteiger partial charge in [0.15, 0.2) is 6.61 Å². The van der Waals surface area contributed by atoms with E-state index in [4.69, 9.17) is 9.36 Å². The molecule has 6 heteroatoms. The van der Waals surface area contributed by atoms with Crippen LogP contribution < -0.4 is 0 Å². The lowest BCUT2D eigenvalue weighted by atomic mass is 10.2. The van der Waals surface area contributed by atoms with Gasteiger partial charge in [-0.05, 0) is 36.8 Å². The highest BCUT2D eigenvalue weighted by Gasteiger charge is 2.08. The molecular formula is C17H14FN3O2. The largest absolute Gasteiger partial charge is 0.386 e. The van der Waals surface area contributed by atoms with Gasteiger partial charge in [-0.25, -0.2) is 4.39 Å². The summed E-state index contributed by atoms with van der Waals surface area (Å²) in [6, 6.07) is 13.7. The number of benzene rings is 2. The zero-order chi connectivity index (χ0) is 16.1. The minimum atomic E-state index is -0.314. The van der Waals surface area contributed by atoms with Gasteiger partial charge in [-0.1, -0.05) is 40.1 Å². The molecule has 0 aliphatic heterocycles. The van der Waals surface area contributed by atoms with Crippen molar-refractivity contribution in [3.05, 3.63) is 71.4 Å². The van der Waals surface area contributed by atoms with Gasteiger partial charge in [0.1, 0.15) is 5.82 Å². The average Bonchev–Trinajstić information content (AvgIpc) is 3.03. The summed E-state index contributed by atoms with van der Waals surface area (Å²) in [5.74, 6) is 0.364. The maximum atomic E-state index is 12.9. The number of aryl methyl sites for hydroxylation is 1. The third-order valence-corrected chi connectivity index (χ3v) is 3.11. The zero-order valence-electron chi connectivity index (χ0n) is 12.4. The van der Waals surface area contributed by atoms with Gasteiger partial charge in [-0.2, -0.15) is 4.98 Å². The fraction of sp³-hybridized carbons (Fsp3) is 0.118. The Morgan fingerprint density at radius 2 is 1.87 bits per heavy atom. The van der Waals surface area contributed by atoms with Crippen LogP contribution in [0.15, 0.2) is 58.2 Å². The summed E-state index contributed by atoms with van der Waals surface area (Å²) in [4.78, 5) is 9.30. The smallest absolute Gasteiger partial charge is 0.267 e. The Hall–Kier alpha value is -3.02. The number of nitrogens with zero attached hydrogens (tertiary/aromatic N) is 3. The van der Waals surface area contributed by atoms with Gasteiger partial charge in [-0.15, -0.1) is 0 Å². The molecule has 0 bridgehead atoms. The van der Waals surface area contributed by atoms with Gasteiger partial charge in [-0.3, -0.25) is 0 Å². The molecule has 3 rings (SSSR count). The molecule has 5 nitrogen and oxygen atoms in total. The molecule has 0 saturated carbocycles. The highest BCUT2D eigenvalue weighted by Crippen LogP contribution is 2.16. The Labute approximate surface area is 132 Å². The maximum absolute atomic E-state index is 12.9. The molecule has 0 spiro atoms. The summed E-state index contributed by atoms with van der Waals surface area (Å²) in [5.41, 5.74) is 2.79. The van der Waals surface area contributed by atoms with E-state index < -0.39 is 0 Å². The summed E-state index contributed by atoms with van der Waals surface area (Å²) in [6.45, 7) is 2.09. The van der Waals surface area contributed by atoms with Crippen molar-refractivity contribution in [2.45, 2.75) is 13.5 Å². The molecule has 0 saturated heterocycles. The van der Waals surface area contributed by atoms with E-state index in [0.717, 1.165) is 5.56 Å². The fourth-order valence-electron chi connectivity index (χ4n) is 1.87. The maximum Gasteiger partial charge on any atom is 0.267 e. The molecule has 1 heterocycles. The van der Waals surface area contributed by atoms with Crippen molar-refractivity contribution in [2.75, 3.05) is 0 Å². The average molecular weight is 311 g/mol. The molecule has 116 valence electrons. The van der Waals surface area contributed by atoms with Crippen molar-refractivity contribution < 1.29 is 13.8 Å². The summed E-state index contributed by atoms with van der Waals surface area (Å²) in [6.07, 6.45) is 1.61. The van der Waals surface area contributed by atoms with Gasteiger partial charge in [0, 0.05) is 5.56 Å². The SMILES string of the molecule is Cc1ccc(/C=N\OCc2nc(-c3ccc(F)cc3)no2)cc1. The lowest BCUT2D eigenvalue weighted by Gasteiger charge is -1.95. The molecule has 1 aromatic heterocycles. The summed E-state index contributed by atoms with van der Waals surface area (Å²) >= 11 is 0. The van der Waals surface area contributed by atoms with Crippen molar-refractivity contribution in [3.8, 4) is 11.4 Å². The third kappa shape index (κ3) is 4.00. The van der Waals surface area contributed by atoms with Crippen LogP contribution in [-0.4, -0.2) is 16.4 Å². The van der Waals surface area contributed by atoms with Crippen molar-refractivity contribution in [2.24, 2.45) is 5.16 Å². The van der Waals surface area contributed by atoms with E-state index in [1.165, 1.54) is 17.7 Å². The van der Waals surface area contributed by atoms with Crippen LogP contribution in [0.4, 0.5) is 4.39 Å². The normalized spacial score (nSPS) is 11.0. The first-order valence-corrected chi connectivity index (χ1v) is 7.01. The number of aromatic nitrogens is 2. The molecule has 0 unspecified atom stereocenters. The number of hydrogen-bond acceptors (Lipinski definition) is 5. The molecule has 0 atom stereocenters. The lowest BCUT2D eigenvalue weighted by Crippen LogP contribution is -1.89. The van der Waals surface area contributed by atoms with Crippen LogP contribution in [0.1, 0.15) is 17.0 Å². The van der Waals surface area contributed by atoms with E-state index in [9.17, 15) is 4.39 Å². The van der Waals surface area contributed by atoms with E-state index in [-0.39, 0.29) is 12.4 Å². The van der Waals surface area contributed by atoms with E-state index in [1.807, 2.05) is 31.2 Å². The highest BCUT2D eigenvalue weighted by molar-refractivity contribution is 5.79. The second-order valence-corrected chi connectivity index (χ2v) is 4.94. The van der Waals surface area contributed by atoms with Crippen LogP contribution in [0, 0.1) is 12.7 Å². The summed E-state index contributed by atoms with van der Waals surface area (Å²) < 4.78 is 17.9. The zero-order valence-corrected chi connectivity index (χ0v) is 12.4. The molecule has 2 aromatic carbocycles. The molecule has 3 aromatic rings. The van der Waals surface area contributed by atoms with E-state index >= 15 is 0 Å². The van der Waals surface area contributed by atoms with Gasteiger partial charge < -0.3 is 9.36 Å². The van der Waals surface area contributed by atoms with Gasteiger partial charge >= 0.3 is 0 Å². The lowest BCUT2D eigenvalue weighted by molar-refractivity contribution is 0.107. The quantitative estimate of drug-likeness (QED) is 0.532. The first kappa shape index (κ1) is 14.9. The van der Waals surface area contributed by atoms with Crippen LogP contribution in [0.25, 0.3) is 11.4 Å². The van der Waals surface area contributed by atoms with Crippen molar-refractivity contribution >= 4 is 6.21 Å². The molecule has 0 aliphatic rings. The second-order valence-electron chi connectivity index (χ2n) is 4.94. The molecule has 23 heavy (non-hydrogen) atoms. The van der Waals surface area contributed by atoms with Crippen LogP contribution >= 0.6 is 0 Å². The third-order valence-electron chi connectivity index (χ3n) is 3.11. The van der Waals surface area contributed by atoms with E-state index in [2.05, 4.69) is 15.3 Å². The monoisotopic (exact) mass is 311 g/mol. The summed E-state index contributed by atoms with van der Waals surface area (Å²) in [5, 5.41) is 7.68. The Morgan fingerprint density at radius 3 is 2.61 bits per heavy atom. The molecule has 0 N–H and O–H groups in total. The van der Waals surface area contributed by atoms with Gasteiger partial charge in [0.2, 0.25) is 5.82 Å². The molecule has 0 radical (unpaired) electrons. The van der Waals surface area contributed by atoms with Gasteiger partial charge in [0.05, 0.1) is 6.21 Å². The Balaban J connectivity index is 1.57. The number of oxime groups is 1. The molecule has 0 aliphatic carbocycles.